The molecule has 1 amide bonds. The highest BCUT2D eigenvalue weighted by Crippen LogP contribution is 2.53. The minimum atomic E-state index is -3.63. The van der Waals surface area contributed by atoms with Gasteiger partial charge in [-0.2, -0.15) is 4.31 Å². The number of benzene rings is 1. The average Bonchev–Trinajstić information content (AvgIpc) is 2.88. The molecule has 6 nitrogen and oxygen atoms in total. The molecule has 1 saturated heterocycles. The van der Waals surface area contributed by atoms with Crippen LogP contribution in [0.1, 0.15) is 56.8 Å². The Kier molecular flexibility index (Phi) is 5.90. The van der Waals surface area contributed by atoms with Gasteiger partial charge in [0.1, 0.15) is 0 Å². The number of hydrogen-bond acceptors (Lipinski definition) is 4. The molecule has 156 valence electrons. The van der Waals surface area contributed by atoms with Crippen LogP contribution in [0.2, 0.25) is 0 Å². The van der Waals surface area contributed by atoms with Crippen LogP contribution < -0.4 is 5.32 Å². The number of nitrogens with one attached hydrogen (secondary N) is 1. The van der Waals surface area contributed by atoms with Crippen LogP contribution in [0.15, 0.2) is 29.2 Å². The van der Waals surface area contributed by atoms with Crippen molar-refractivity contribution < 1.29 is 17.9 Å². The summed E-state index contributed by atoms with van der Waals surface area (Å²) in [6, 6.07) is 6.41. The van der Waals surface area contributed by atoms with Gasteiger partial charge in [0.15, 0.2) is 0 Å². The van der Waals surface area contributed by atoms with E-state index in [1.807, 2.05) is 0 Å². The van der Waals surface area contributed by atoms with E-state index in [9.17, 15) is 13.2 Å². The Hall–Kier alpha value is -1.44. The Labute approximate surface area is 168 Å². The van der Waals surface area contributed by atoms with Crippen molar-refractivity contribution in [1.82, 2.24) is 9.62 Å². The zero-order chi connectivity index (χ0) is 20.6. The lowest BCUT2D eigenvalue weighted by atomic mass is 9.65. The molecule has 2 bridgehead atoms. The molecule has 1 aliphatic carbocycles. The molecule has 1 heterocycles. The van der Waals surface area contributed by atoms with E-state index in [0.717, 1.165) is 19.3 Å². The van der Waals surface area contributed by atoms with Crippen LogP contribution in [0.5, 0.6) is 0 Å². The van der Waals surface area contributed by atoms with Gasteiger partial charge in [-0.25, -0.2) is 8.42 Å². The first kappa shape index (κ1) is 21.3. The molecule has 2 atom stereocenters. The third-order valence-electron chi connectivity index (χ3n) is 5.88. The first-order valence-electron chi connectivity index (χ1n) is 9.95. The van der Waals surface area contributed by atoms with Gasteiger partial charge in [-0.15, -0.1) is 0 Å². The predicted molar refractivity (Wildman–Crippen MR) is 109 cm³/mol. The number of carbonyl (C=O) groups excluding carboxylic acids is 1. The minimum Gasteiger partial charge on any atom is -0.385 e. The number of sulfonamides is 1. The van der Waals surface area contributed by atoms with Gasteiger partial charge in [0, 0.05) is 38.4 Å². The fourth-order valence-corrected chi connectivity index (χ4v) is 6.96. The third kappa shape index (κ3) is 4.42. The molecule has 1 N–H and O–H groups in total. The standard InChI is InChI=1S/C21H32N2O4S/c1-20(2)12-17-13-21(3,14-20)15-23(17)28(25,26)18-8-5-7-16(11-18)19(24)22-9-6-10-27-4/h5,7-8,11,17H,6,9-10,12-15H2,1-4H3,(H,22,24)/t17-,21-/m0/s1. The lowest BCUT2D eigenvalue weighted by molar-refractivity contribution is 0.0948. The fourth-order valence-electron chi connectivity index (χ4n) is 5.14. The summed E-state index contributed by atoms with van der Waals surface area (Å²) >= 11 is 0. The van der Waals surface area contributed by atoms with Crippen molar-refractivity contribution in [3.8, 4) is 0 Å². The molecule has 7 heteroatoms. The molecule has 1 aromatic rings. The summed E-state index contributed by atoms with van der Waals surface area (Å²) in [5.41, 5.74) is 0.536. The quantitative estimate of drug-likeness (QED) is 0.704. The number of carbonyl (C=O) groups is 1. The lowest BCUT2D eigenvalue weighted by Crippen LogP contribution is -2.37. The smallest absolute Gasteiger partial charge is 0.251 e. The molecule has 28 heavy (non-hydrogen) atoms. The lowest BCUT2D eigenvalue weighted by Gasteiger charge is -2.39. The first-order valence-corrected chi connectivity index (χ1v) is 11.4. The largest absolute Gasteiger partial charge is 0.385 e. The molecular formula is C21H32N2O4S. The number of fused-ring (bicyclic) bond motifs is 2. The normalized spacial score (nSPS) is 26.9. The highest BCUT2D eigenvalue weighted by molar-refractivity contribution is 7.89. The second-order valence-corrected chi connectivity index (χ2v) is 11.3. The van der Waals surface area contributed by atoms with Gasteiger partial charge in [-0.05, 0) is 54.7 Å². The van der Waals surface area contributed by atoms with Crippen molar-refractivity contribution in [2.24, 2.45) is 10.8 Å². The van der Waals surface area contributed by atoms with Gasteiger partial charge in [0.25, 0.3) is 5.91 Å². The van der Waals surface area contributed by atoms with Crippen molar-refractivity contribution >= 4 is 15.9 Å². The number of amides is 1. The number of rotatable bonds is 7. The van der Waals surface area contributed by atoms with E-state index >= 15 is 0 Å². The summed E-state index contributed by atoms with van der Waals surface area (Å²) in [5, 5.41) is 2.81. The third-order valence-corrected chi connectivity index (χ3v) is 7.77. The van der Waals surface area contributed by atoms with E-state index in [1.54, 1.807) is 29.6 Å². The summed E-state index contributed by atoms with van der Waals surface area (Å²) < 4.78 is 33.4. The molecule has 1 aromatic carbocycles. The van der Waals surface area contributed by atoms with Crippen molar-refractivity contribution in [1.29, 1.82) is 0 Å². The fraction of sp³-hybridized carbons (Fsp3) is 0.667. The Morgan fingerprint density at radius 1 is 1.29 bits per heavy atom. The molecule has 1 saturated carbocycles. The maximum absolute atomic E-state index is 13.4. The van der Waals surface area contributed by atoms with Crippen LogP contribution in [0.25, 0.3) is 0 Å². The SMILES string of the molecule is COCCCNC(=O)c1cccc(S(=O)(=O)N2C[C@@]3(C)C[C@@H]2CC(C)(C)C3)c1. The Morgan fingerprint density at radius 3 is 2.75 bits per heavy atom. The summed E-state index contributed by atoms with van der Waals surface area (Å²) in [7, 11) is -2.02. The van der Waals surface area contributed by atoms with Crippen molar-refractivity contribution in [2.45, 2.75) is 57.4 Å². The molecule has 2 aliphatic rings. The van der Waals surface area contributed by atoms with E-state index in [4.69, 9.17) is 4.74 Å². The molecule has 3 rings (SSSR count). The molecular weight excluding hydrogens is 376 g/mol. The van der Waals surface area contributed by atoms with E-state index in [-0.39, 0.29) is 27.7 Å². The Balaban J connectivity index is 1.79. The number of nitrogens with zero attached hydrogens (tertiary/aromatic N) is 1. The summed E-state index contributed by atoms with van der Waals surface area (Å²) in [6.45, 7) is 8.26. The zero-order valence-corrected chi connectivity index (χ0v) is 18.1. The van der Waals surface area contributed by atoms with E-state index in [2.05, 4.69) is 26.1 Å². The minimum absolute atomic E-state index is 0.0236. The molecule has 0 radical (unpaired) electrons. The van der Waals surface area contributed by atoms with Gasteiger partial charge < -0.3 is 10.1 Å². The molecule has 0 aromatic heterocycles. The molecule has 0 spiro atoms. The molecule has 0 unspecified atom stereocenters. The van der Waals surface area contributed by atoms with Gasteiger partial charge in [-0.3, -0.25) is 4.79 Å². The monoisotopic (exact) mass is 408 g/mol. The second kappa shape index (κ2) is 7.76. The van der Waals surface area contributed by atoms with Crippen LogP contribution in [0.3, 0.4) is 0 Å². The average molecular weight is 409 g/mol. The van der Waals surface area contributed by atoms with Crippen LogP contribution in [-0.4, -0.2) is 51.5 Å². The Morgan fingerprint density at radius 2 is 2.04 bits per heavy atom. The predicted octanol–water partition coefficient (Wildman–Crippen LogP) is 3.04. The summed E-state index contributed by atoms with van der Waals surface area (Å²) in [5.74, 6) is -0.263. The van der Waals surface area contributed by atoms with E-state index in [0.29, 0.717) is 31.7 Å². The topological polar surface area (TPSA) is 75.7 Å². The number of ether oxygens (including phenoxy) is 1. The first-order chi connectivity index (χ1) is 13.1. The van der Waals surface area contributed by atoms with Gasteiger partial charge in [-0.1, -0.05) is 26.8 Å². The van der Waals surface area contributed by atoms with Crippen LogP contribution in [0.4, 0.5) is 0 Å². The van der Waals surface area contributed by atoms with Crippen LogP contribution in [0, 0.1) is 10.8 Å². The highest BCUT2D eigenvalue weighted by Gasteiger charge is 2.53. The van der Waals surface area contributed by atoms with Crippen LogP contribution in [-0.2, 0) is 14.8 Å². The van der Waals surface area contributed by atoms with Gasteiger partial charge in [0.2, 0.25) is 10.0 Å². The maximum atomic E-state index is 13.4. The second-order valence-electron chi connectivity index (χ2n) is 9.39. The van der Waals surface area contributed by atoms with Gasteiger partial charge >= 0.3 is 0 Å². The number of hydrogen-bond donors (Lipinski definition) is 1. The summed E-state index contributed by atoms with van der Waals surface area (Å²) in [6.07, 6.45) is 3.54. The zero-order valence-electron chi connectivity index (χ0n) is 17.3. The highest BCUT2D eigenvalue weighted by atomic mass is 32.2. The number of methoxy groups -OCH3 is 1. The molecule has 1 aliphatic heterocycles. The van der Waals surface area contributed by atoms with Gasteiger partial charge in [0.05, 0.1) is 4.90 Å². The van der Waals surface area contributed by atoms with Crippen molar-refractivity contribution in [3.05, 3.63) is 29.8 Å². The van der Waals surface area contributed by atoms with Crippen molar-refractivity contribution in [2.75, 3.05) is 26.8 Å². The Bertz CT molecular complexity index is 837. The van der Waals surface area contributed by atoms with Crippen molar-refractivity contribution in [3.63, 3.8) is 0 Å². The molecule has 2 fully saturated rings. The summed E-state index contributed by atoms with van der Waals surface area (Å²) in [4.78, 5) is 12.6. The van der Waals surface area contributed by atoms with E-state index in [1.165, 1.54) is 6.07 Å². The van der Waals surface area contributed by atoms with Crippen LogP contribution >= 0.6 is 0 Å². The maximum Gasteiger partial charge on any atom is 0.251 e. The van der Waals surface area contributed by atoms with E-state index < -0.39 is 10.0 Å².